The number of hydrogen-bond acceptors (Lipinski definition) is 3. The fourth-order valence-corrected chi connectivity index (χ4v) is 4.01. The molecular weight excluding hydrogens is 332 g/mol. The van der Waals surface area contributed by atoms with Gasteiger partial charge in [0.2, 0.25) is 0 Å². The van der Waals surface area contributed by atoms with Gasteiger partial charge < -0.3 is 5.32 Å². The van der Waals surface area contributed by atoms with Gasteiger partial charge in [-0.3, -0.25) is 0 Å². The minimum atomic E-state index is 0.954. The van der Waals surface area contributed by atoms with Crippen molar-refractivity contribution in [1.82, 2.24) is 19.9 Å². The molecule has 1 aromatic carbocycles. The SMILES string of the molecule is CCCCNCCc1cc(C)nc2c(-c3c(C)cc(C)cc3C)c(C)nn12. The molecule has 0 aliphatic carbocycles. The number of fused-ring (bicyclic) bond motifs is 1. The maximum Gasteiger partial charge on any atom is 0.163 e. The van der Waals surface area contributed by atoms with E-state index in [1.165, 1.54) is 46.4 Å². The molecule has 0 atom stereocenters. The molecule has 3 aromatic rings. The largest absolute Gasteiger partial charge is 0.316 e. The van der Waals surface area contributed by atoms with Crippen molar-refractivity contribution >= 4 is 5.65 Å². The summed E-state index contributed by atoms with van der Waals surface area (Å²) in [6, 6.07) is 6.67. The molecule has 1 N–H and O–H groups in total. The number of hydrogen-bond donors (Lipinski definition) is 1. The smallest absolute Gasteiger partial charge is 0.163 e. The number of benzene rings is 1. The Balaban J connectivity index is 2.05. The molecule has 0 aliphatic rings. The molecule has 0 spiro atoms. The van der Waals surface area contributed by atoms with Crippen molar-refractivity contribution in [2.24, 2.45) is 0 Å². The van der Waals surface area contributed by atoms with Crippen LogP contribution < -0.4 is 5.32 Å². The second kappa shape index (κ2) is 8.22. The van der Waals surface area contributed by atoms with Gasteiger partial charge in [0.25, 0.3) is 0 Å². The zero-order chi connectivity index (χ0) is 19.6. The van der Waals surface area contributed by atoms with Crippen molar-refractivity contribution < 1.29 is 0 Å². The zero-order valence-electron chi connectivity index (χ0n) is 17.6. The molecule has 0 aliphatic heterocycles. The van der Waals surface area contributed by atoms with E-state index in [4.69, 9.17) is 10.1 Å². The van der Waals surface area contributed by atoms with Crippen LogP contribution in [0.2, 0.25) is 0 Å². The number of aryl methyl sites for hydroxylation is 5. The number of aromatic nitrogens is 3. The third-order valence-electron chi connectivity index (χ3n) is 5.16. The highest BCUT2D eigenvalue weighted by molar-refractivity contribution is 5.84. The molecule has 0 saturated heterocycles. The summed E-state index contributed by atoms with van der Waals surface area (Å²) in [6.07, 6.45) is 3.40. The number of nitrogens with zero attached hydrogens (tertiary/aromatic N) is 3. The van der Waals surface area contributed by atoms with Crippen LogP contribution in [0.1, 0.15) is 53.5 Å². The van der Waals surface area contributed by atoms with Gasteiger partial charge >= 0.3 is 0 Å². The van der Waals surface area contributed by atoms with Gasteiger partial charge in [0.1, 0.15) is 0 Å². The van der Waals surface area contributed by atoms with Crippen LogP contribution in [0.4, 0.5) is 0 Å². The lowest BCUT2D eigenvalue weighted by molar-refractivity contribution is 0.629. The molecule has 0 radical (unpaired) electrons. The van der Waals surface area contributed by atoms with E-state index in [-0.39, 0.29) is 0 Å². The molecule has 2 aromatic heterocycles. The number of nitrogens with one attached hydrogen (secondary N) is 1. The second-order valence-corrected chi connectivity index (χ2v) is 7.71. The molecule has 0 amide bonds. The van der Waals surface area contributed by atoms with Crippen molar-refractivity contribution in [3.05, 3.63) is 52.0 Å². The second-order valence-electron chi connectivity index (χ2n) is 7.71. The first-order valence-electron chi connectivity index (χ1n) is 10.1. The van der Waals surface area contributed by atoms with E-state index >= 15 is 0 Å². The molecule has 27 heavy (non-hydrogen) atoms. The average Bonchev–Trinajstić information content (AvgIpc) is 2.90. The summed E-state index contributed by atoms with van der Waals surface area (Å²) in [4.78, 5) is 4.88. The monoisotopic (exact) mass is 364 g/mol. The highest BCUT2D eigenvalue weighted by atomic mass is 15.3. The van der Waals surface area contributed by atoms with Gasteiger partial charge in [-0.05, 0) is 70.3 Å². The van der Waals surface area contributed by atoms with E-state index in [9.17, 15) is 0 Å². The third-order valence-corrected chi connectivity index (χ3v) is 5.16. The third kappa shape index (κ3) is 4.06. The quantitative estimate of drug-likeness (QED) is 0.608. The Labute approximate surface area is 163 Å². The number of rotatable bonds is 7. The van der Waals surface area contributed by atoms with Crippen LogP contribution in [0.15, 0.2) is 18.2 Å². The molecule has 0 saturated carbocycles. The van der Waals surface area contributed by atoms with Gasteiger partial charge in [0.05, 0.1) is 11.3 Å². The van der Waals surface area contributed by atoms with Crippen molar-refractivity contribution in [3.8, 4) is 11.1 Å². The lowest BCUT2D eigenvalue weighted by Gasteiger charge is -2.12. The van der Waals surface area contributed by atoms with Crippen molar-refractivity contribution in [2.75, 3.05) is 13.1 Å². The first kappa shape index (κ1) is 19.6. The van der Waals surface area contributed by atoms with Gasteiger partial charge in [0.15, 0.2) is 5.65 Å². The molecule has 0 fully saturated rings. The van der Waals surface area contributed by atoms with Gasteiger partial charge in [-0.1, -0.05) is 31.0 Å². The van der Waals surface area contributed by atoms with E-state index in [1.807, 2.05) is 0 Å². The Kier molecular flexibility index (Phi) is 5.95. The van der Waals surface area contributed by atoms with Crippen molar-refractivity contribution in [1.29, 1.82) is 0 Å². The van der Waals surface area contributed by atoms with Crippen LogP contribution in [0, 0.1) is 34.6 Å². The molecule has 2 heterocycles. The first-order chi connectivity index (χ1) is 12.9. The lowest BCUT2D eigenvalue weighted by Crippen LogP contribution is -2.19. The van der Waals surface area contributed by atoms with Gasteiger partial charge in [-0.25, -0.2) is 9.50 Å². The summed E-state index contributed by atoms with van der Waals surface area (Å²) >= 11 is 0. The topological polar surface area (TPSA) is 42.2 Å². The van der Waals surface area contributed by atoms with Crippen LogP contribution in [0.25, 0.3) is 16.8 Å². The summed E-state index contributed by atoms with van der Waals surface area (Å²) in [7, 11) is 0. The minimum Gasteiger partial charge on any atom is -0.316 e. The fourth-order valence-electron chi connectivity index (χ4n) is 4.01. The standard InChI is InChI=1S/C23H32N4/c1-7-8-10-24-11-9-20-14-18(5)25-23-22(19(6)26-27(20)23)21-16(3)12-15(2)13-17(21)4/h12-14,24H,7-11H2,1-6H3. The van der Waals surface area contributed by atoms with Gasteiger partial charge in [-0.15, -0.1) is 0 Å². The lowest BCUT2D eigenvalue weighted by atomic mass is 9.94. The normalized spacial score (nSPS) is 11.5. The van der Waals surface area contributed by atoms with Gasteiger partial charge in [0, 0.05) is 24.4 Å². The number of unbranched alkanes of at least 4 members (excludes halogenated alkanes) is 1. The van der Waals surface area contributed by atoms with Crippen molar-refractivity contribution in [2.45, 2.75) is 60.8 Å². The summed E-state index contributed by atoms with van der Waals surface area (Å²) in [6.45, 7) is 15.0. The Morgan fingerprint density at radius 2 is 1.63 bits per heavy atom. The molecule has 3 rings (SSSR count). The van der Waals surface area contributed by atoms with Crippen molar-refractivity contribution in [3.63, 3.8) is 0 Å². The van der Waals surface area contributed by atoms with Crippen LogP contribution in [-0.4, -0.2) is 27.7 Å². The highest BCUT2D eigenvalue weighted by Crippen LogP contribution is 2.34. The van der Waals surface area contributed by atoms with E-state index in [1.54, 1.807) is 0 Å². The molecule has 144 valence electrons. The molecular formula is C23H32N4. The Bertz CT molecular complexity index is 930. The van der Waals surface area contributed by atoms with Crippen LogP contribution in [0.3, 0.4) is 0 Å². The van der Waals surface area contributed by atoms with E-state index in [2.05, 4.69) is 69.6 Å². The fraction of sp³-hybridized carbons (Fsp3) is 0.478. The van der Waals surface area contributed by atoms with Gasteiger partial charge in [-0.2, -0.15) is 5.10 Å². The molecule has 4 heteroatoms. The Morgan fingerprint density at radius 3 is 2.30 bits per heavy atom. The highest BCUT2D eigenvalue weighted by Gasteiger charge is 2.19. The maximum absolute atomic E-state index is 4.88. The Hall–Kier alpha value is -2.20. The average molecular weight is 365 g/mol. The molecule has 4 nitrogen and oxygen atoms in total. The summed E-state index contributed by atoms with van der Waals surface area (Å²) in [5.74, 6) is 0. The Morgan fingerprint density at radius 1 is 0.926 bits per heavy atom. The molecule has 0 bridgehead atoms. The first-order valence-corrected chi connectivity index (χ1v) is 10.1. The minimum absolute atomic E-state index is 0.954. The predicted octanol–water partition coefficient (Wildman–Crippen LogP) is 4.87. The zero-order valence-corrected chi connectivity index (χ0v) is 17.6. The van der Waals surface area contributed by atoms with Crippen LogP contribution in [-0.2, 0) is 6.42 Å². The van der Waals surface area contributed by atoms with E-state index in [0.29, 0.717) is 0 Å². The summed E-state index contributed by atoms with van der Waals surface area (Å²) < 4.78 is 2.05. The molecule has 0 unspecified atom stereocenters. The predicted molar refractivity (Wildman–Crippen MR) is 114 cm³/mol. The van der Waals surface area contributed by atoms with E-state index < -0.39 is 0 Å². The van der Waals surface area contributed by atoms with Crippen LogP contribution in [0.5, 0.6) is 0 Å². The maximum atomic E-state index is 4.88. The summed E-state index contributed by atoms with van der Waals surface area (Å²) in [5, 5.41) is 8.41. The van der Waals surface area contributed by atoms with Crippen LogP contribution >= 0.6 is 0 Å². The summed E-state index contributed by atoms with van der Waals surface area (Å²) in [5.41, 5.74) is 10.6. The van der Waals surface area contributed by atoms with E-state index in [0.717, 1.165) is 36.5 Å².